The maximum Gasteiger partial charge on any atom is 0.285 e. The lowest BCUT2D eigenvalue weighted by atomic mass is 10.0. The fraction of sp³-hybridized carbons (Fsp3) is 0.167. The van der Waals surface area contributed by atoms with Gasteiger partial charge in [-0.15, -0.1) is 0 Å². The van der Waals surface area contributed by atoms with Gasteiger partial charge in [0.05, 0.1) is 0 Å². The minimum Gasteiger partial charge on any atom is -0.506 e. The van der Waals surface area contributed by atoms with Crippen LogP contribution in [0.1, 0.15) is 29.8 Å². The number of ketones is 1. The van der Waals surface area contributed by atoms with Crippen LogP contribution in [-0.4, -0.2) is 29.4 Å². The van der Waals surface area contributed by atoms with E-state index in [1.165, 1.54) is 11.1 Å². The number of anilines is 1. The van der Waals surface area contributed by atoms with Crippen molar-refractivity contribution in [3.63, 3.8) is 0 Å². The van der Waals surface area contributed by atoms with E-state index in [-0.39, 0.29) is 11.5 Å². The van der Waals surface area contributed by atoms with E-state index in [1.54, 1.807) is 87.6 Å². The summed E-state index contributed by atoms with van der Waals surface area (Å²) in [5.41, 5.74) is 2.86. The van der Waals surface area contributed by atoms with E-state index in [1.807, 2.05) is 0 Å². The number of carbonyl (C=O) groups excluding carboxylic acids is 2. The van der Waals surface area contributed by atoms with E-state index < -0.39 is 11.5 Å². The molecule has 3 aromatic rings. The minimum atomic E-state index is -1.26. The number of halogens is 1. The SMILES string of the molecule is CNN(C(=O)C(C)(C)Oc1ccc(C(=O)c2ccc(Cl)cc2)cc1)c1ccccc1O. The lowest BCUT2D eigenvalue weighted by Gasteiger charge is -2.32. The predicted molar refractivity (Wildman–Crippen MR) is 121 cm³/mol. The lowest BCUT2D eigenvalue weighted by Crippen LogP contribution is -2.53. The number of benzene rings is 3. The highest BCUT2D eigenvalue weighted by molar-refractivity contribution is 6.30. The van der Waals surface area contributed by atoms with E-state index >= 15 is 0 Å². The molecule has 0 heterocycles. The molecule has 3 rings (SSSR count). The number of aromatic hydroxyl groups is 1. The number of hydrogen-bond acceptors (Lipinski definition) is 5. The zero-order chi connectivity index (χ0) is 22.6. The third-order valence-corrected chi connectivity index (χ3v) is 4.91. The maximum atomic E-state index is 13.1. The minimum absolute atomic E-state index is 0.0361. The Bertz CT molecular complexity index is 1080. The van der Waals surface area contributed by atoms with Crippen molar-refractivity contribution in [3.05, 3.63) is 88.9 Å². The monoisotopic (exact) mass is 438 g/mol. The smallest absolute Gasteiger partial charge is 0.285 e. The van der Waals surface area contributed by atoms with Crippen LogP contribution in [0.2, 0.25) is 5.02 Å². The van der Waals surface area contributed by atoms with Gasteiger partial charge in [-0.05, 0) is 74.5 Å². The van der Waals surface area contributed by atoms with E-state index in [9.17, 15) is 14.7 Å². The second kappa shape index (κ2) is 9.20. The Morgan fingerprint density at radius 1 is 0.935 bits per heavy atom. The van der Waals surface area contributed by atoms with Crippen molar-refractivity contribution in [3.8, 4) is 11.5 Å². The average Bonchev–Trinajstić information content (AvgIpc) is 2.76. The average molecular weight is 439 g/mol. The van der Waals surface area contributed by atoms with Crippen LogP contribution in [0.4, 0.5) is 5.69 Å². The number of para-hydroxylation sites is 2. The van der Waals surface area contributed by atoms with E-state index in [0.29, 0.717) is 27.6 Å². The van der Waals surface area contributed by atoms with Gasteiger partial charge in [0, 0.05) is 23.2 Å². The van der Waals surface area contributed by atoms with Crippen LogP contribution >= 0.6 is 11.6 Å². The van der Waals surface area contributed by atoms with Gasteiger partial charge in [0.1, 0.15) is 17.2 Å². The highest BCUT2D eigenvalue weighted by Crippen LogP contribution is 2.29. The molecule has 0 aliphatic carbocycles. The van der Waals surface area contributed by atoms with Crippen molar-refractivity contribution in [2.24, 2.45) is 0 Å². The van der Waals surface area contributed by atoms with E-state index in [0.717, 1.165) is 0 Å². The van der Waals surface area contributed by atoms with Crippen LogP contribution in [-0.2, 0) is 4.79 Å². The first-order valence-corrected chi connectivity index (χ1v) is 10.00. The van der Waals surface area contributed by atoms with Crippen LogP contribution in [0.3, 0.4) is 0 Å². The lowest BCUT2D eigenvalue weighted by molar-refractivity contribution is -0.132. The van der Waals surface area contributed by atoms with Crippen molar-refractivity contribution in [1.82, 2.24) is 5.43 Å². The summed E-state index contributed by atoms with van der Waals surface area (Å²) in [6, 6.07) is 19.7. The molecule has 0 aliphatic heterocycles. The fourth-order valence-electron chi connectivity index (χ4n) is 3.03. The first-order valence-electron chi connectivity index (χ1n) is 9.62. The molecule has 2 N–H and O–H groups in total. The Balaban J connectivity index is 1.76. The molecule has 0 spiro atoms. The van der Waals surface area contributed by atoms with Gasteiger partial charge >= 0.3 is 0 Å². The zero-order valence-electron chi connectivity index (χ0n) is 17.4. The summed E-state index contributed by atoms with van der Waals surface area (Å²) in [5.74, 6) is -0.150. The molecule has 0 bridgehead atoms. The summed E-state index contributed by atoms with van der Waals surface area (Å²) in [4.78, 5) is 25.7. The molecule has 0 radical (unpaired) electrons. The molecule has 0 atom stereocenters. The van der Waals surface area contributed by atoms with Crippen molar-refractivity contribution in [1.29, 1.82) is 0 Å². The molecule has 160 valence electrons. The van der Waals surface area contributed by atoms with E-state index in [2.05, 4.69) is 5.43 Å². The van der Waals surface area contributed by atoms with Crippen molar-refractivity contribution in [2.45, 2.75) is 19.4 Å². The highest BCUT2D eigenvalue weighted by Gasteiger charge is 2.35. The second-order valence-electron chi connectivity index (χ2n) is 7.33. The zero-order valence-corrected chi connectivity index (χ0v) is 18.2. The summed E-state index contributed by atoms with van der Waals surface area (Å²) < 4.78 is 5.92. The number of carbonyl (C=O) groups is 2. The molecule has 0 saturated heterocycles. The molecule has 1 amide bonds. The van der Waals surface area contributed by atoms with Gasteiger partial charge in [0.15, 0.2) is 11.4 Å². The largest absolute Gasteiger partial charge is 0.506 e. The number of hydrogen-bond donors (Lipinski definition) is 2. The second-order valence-corrected chi connectivity index (χ2v) is 7.76. The van der Waals surface area contributed by atoms with Crippen LogP contribution in [0.15, 0.2) is 72.8 Å². The molecule has 6 nitrogen and oxygen atoms in total. The third kappa shape index (κ3) is 5.05. The number of phenolic OH excluding ortho intramolecular Hbond substituents is 1. The van der Waals surface area contributed by atoms with Gasteiger partial charge in [-0.25, -0.2) is 10.4 Å². The van der Waals surface area contributed by atoms with Crippen LogP contribution < -0.4 is 15.2 Å². The number of hydrazine groups is 1. The molecular weight excluding hydrogens is 416 g/mol. The van der Waals surface area contributed by atoms with Gasteiger partial charge in [0.25, 0.3) is 5.91 Å². The summed E-state index contributed by atoms with van der Waals surface area (Å²) in [6.45, 7) is 3.26. The molecule has 0 aliphatic rings. The topological polar surface area (TPSA) is 78.9 Å². The Kier molecular flexibility index (Phi) is 6.63. The predicted octanol–water partition coefficient (Wildman–Crippen LogP) is 4.60. The molecule has 0 unspecified atom stereocenters. The van der Waals surface area contributed by atoms with Crippen LogP contribution in [0.5, 0.6) is 11.5 Å². The van der Waals surface area contributed by atoms with Gasteiger partial charge in [-0.1, -0.05) is 23.7 Å². The first kappa shape index (κ1) is 22.3. The number of phenols is 1. The van der Waals surface area contributed by atoms with Crippen molar-refractivity contribution < 1.29 is 19.4 Å². The van der Waals surface area contributed by atoms with Gasteiger partial charge < -0.3 is 9.84 Å². The summed E-state index contributed by atoms with van der Waals surface area (Å²) in [6.07, 6.45) is 0. The number of nitrogens with one attached hydrogen (secondary N) is 1. The normalized spacial score (nSPS) is 11.1. The summed E-state index contributed by atoms with van der Waals surface area (Å²) >= 11 is 5.87. The molecule has 7 heteroatoms. The molecule has 0 fully saturated rings. The molecule has 3 aromatic carbocycles. The Morgan fingerprint density at radius 2 is 1.48 bits per heavy atom. The molecule has 0 aromatic heterocycles. The van der Waals surface area contributed by atoms with E-state index in [4.69, 9.17) is 16.3 Å². The van der Waals surface area contributed by atoms with Crippen molar-refractivity contribution in [2.75, 3.05) is 12.1 Å². The number of rotatable bonds is 7. The maximum absolute atomic E-state index is 13.1. The molecule has 0 saturated carbocycles. The Hall–Kier alpha value is -3.35. The fourth-order valence-corrected chi connectivity index (χ4v) is 3.16. The van der Waals surface area contributed by atoms with Gasteiger partial charge in [-0.2, -0.15) is 0 Å². The summed E-state index contributed by atoms with van der Waals surface area (Å²) in [7, 11) is 1.58. The quantitative estimate of drug-likeness (QED) is 0.416. The number of amides is 1. The van der Waals surface area contributed by atoms with Crippen molar-refractivity contribution >= 4 is 29.0 Å². The van der Waals surface area contributed by atoms with Crippen LogP contribution in [0, 0.1) is 0 Å². The summed E-state index contributed by atoms with van der Waals surface area (Å²) in [5, 5.41) is 11.9. The van der Waals surface area contributed by atoms with Gasteiger partial charge in [0.2, 0.25) is 0 Å². The Labute approximate surface area is 186 Å². The first-order chi connectivity index (χ1) is 14.7. The Morgan fingerprint density at radius 3 is 2.03 bits per heavy atom. The third-order valence-electron chi connectivity index (χ3n) is 4.66. The molecule has 31 heavy (non-hydrogen) atoms. The molecular formula is C24H23ClN2O4. The van der Waals surface area contributed by atoms with Gasteiger partial charge in [-0.3, -0.25) is 9.59 Å². The number of nitrogens with zero attached hydrogens (tertiary/aromatic N) is 1. The standard InChI is InChI=1S/C24H23ClN2O4/c1-24(2,23(30)27(26-3)20-6-4-5-7-21(20)28)31-19-14-10-17(11-15-19)22(29)16-8-12-18(25)13-9-16/h4-15,26,28H,1-3H3. The van der Waals surface area contributed by atoms with Crippen LogP contribution in [0.25, 0.3) is 0 Å². The number of ether oxygens (including phenoxy) is 1. The highest BCUT2D eigenvalue weighted by atomic mass is 35.5.